The Bertz CT molecular complexity index is 192. The first-order valence-electron chi connectivity index (χ1n) is 2.53. The lowest BCUT2D eigenvalue weighted by atomic mass is 10.1. The standard InChI is InChI=1S/C5H7N3O/c1-5(6)2-7-3-8-4(5)9/h2-3H,6H2,1H3. The Hall–Kier alpha value is -1.03. The third-order valence-corrected chi connectivity index (χ3v) is 1.05. The predicted octanol–water partition coefficient (Wildman–Crippen LogP) is -0.657. The molecular weight excluding hydrogens is 118 g/mol. The Morgan fingerprint density at radius 2 is 2.44 bits per heavy atom. The molecule has 1 unspecified atom stereocenters. The van der Waals surface area contributed by atoms with Crippen LogP contribution in [0.4, 0.5) is 0 Å². The minimum atomic E-state index is -0.991. The Morgan fingerprint density at radius 1 is 1.78 bits per heavy atom. The van der Waals surface area contributed by atoms with Crippen LogP contribution in [0.1, 0.15) is 6.92 Å². The smallest absolute Gasteiger partial charge is 0.272 e. The molecule has 0 aromatic rings. The molecule has 0 radical (unpaired) electrons. The summed E-state index contributed by atoms with van der Waals surface area (Å²) in [5.41, 5.74) is 4.42. The maximum absolute atomic E-state index is 10.7. The van der Waals surface area contributed by atoms with E-state index >= 15 is 0 Å². The minimum absolute atomic E-state index is 0.350. The molecule has 0 fully saturated rings. The predicted molar refractivity (Wildman–Crippen MR) is 34.6 cm³/mol. The fourth-order valence-electron chi connectivity index (χ4n) is 0.468. The highest BCUT2D eigenvalue weighted by Crippen LogP contribution is 2.00. The zero-order valence-electron chi connectivity index (χ0n) is 5.03. The average Bonchev–Trinajstić information content (AvgIpc) is 1.77. The van der Waals surface area contributed by atoms with Crippen molar-refractivity contribution in [2.75, 3.05) is 0 Å². The van der Waals surface area contributed by atoms with Gasteiger partial charge in [0.15, 0.2) is 0 Å². The molecule has 0 bridgehead atoms. The van der Waals surface area contributed by atoms with Crippen molar-refractivity contribution in [1.29, 1.82) is 0 Å². The molecular formula is C5H7N3O. The first-order chi connectivity index (χ1) is 4.13. The number of hydrogen-bond acceptors (Lipinski definition) is 3. The van der Waals surface area contributed by atoms with Crippen molar-refractivity contribution in [2.45, 2.75) is 12.5 Å². The first-order valence-corrected chi connectivity index (χ1v) is 2.53. The van der Waals surface area contributed by atoms with Crippen molar-refractivity contribution in [1.82, 2.24) is 0 Å². The van der Waals surface area contributed by atoms with Crippen LogP contribution in [-0.4, -0.2) is 24.0 Å². The number of aliphatic imine (C=N–C) groups is 2. The zero-order valence-corrected chi connectivity index (χ0v) is 5.03. The molecule has 0 aromatic heterocycles. The maximum Gasteiger partial charge on any atom is 0.272 e. The van der Waals surface area contributed by atoms with Gasteiger partial charge in [-0.15, -0.1) is 0 Å². The lowest BCUT2D eigenvalue weighted by molar-refractivity contribution is -0.120. The zero-order chi connectivity index (χ0) is 6.91. The Morgan fingerprint density at radius 3 is 2.78 bits per heavy atom. The van der Waals surface area contributed by atoms with Crippen LogP contribution in [0.5, 0.6) is 0 Å². The Balaban J connectivity index is 2.91. The number of hydrogen-bond donors (Lipinski definition) is 1. The molecule has 0 saturated heterocycles. The van der Waals surface area contributed by atoms with Crippen molar-refractivity contribution < 1.29 is 4.79 Å². The van der Waals surface area contributed by atoms with Gasteiger partial charge in [0, 0.05) is 6.21 Å². The Labute approximate surface area is 52.5 Å². The molecule has 0 aromatic carbocycles. The van der Waals surface area contributed by atoms with E-state index in [1.807, 2.05) is 0 Å². The number of carbonyl (C=O) groups excluding carboxylic acids is 1. The molecule has 0 spiro atoms. The molecule has 4 nitrogen and oxygen atoms in total. The quantitative estimate of drug-likeness (QED) is 0.467. The lowest BCUT2D eigenvalue weighted by Gasteiger charge is -2.15. The molecule has 0 saturated carbocycles. The summed E-state index contributed by atoms with van der Waals surface area (Å²) in [4.78, 5) is 17.7. The highest BCUT2D eigenvalue weighted by Gasteiger charge is 2.26. The second-order valence-corrected chi connectivity index (χ2v) is 2.11. The van der Waals surface area contributed by atoms with Crippen LogP contribution < -0.4 is 5.73 Å². The third kappa shape index (κ3) is 1.02. The fourth-order valence-corrected chi connectivity index (χ4v) is 0.468. The second-order valence-electron chi connectivity index (χ2n) is 2.11. The third-order valence-electron chi connectivity index (χ3n) is 1.05. The minimum Gasteiger partial charge on any atom is -0.313 e. The van der Waals surface area contributed by atoms with Gasteiger partial charge in [-0.2, -0.15) is 4.99 Å². The summed E-state index contributed by atoms with van der Waals surface area (Å²) in [6.07, 6.45) is 2.57. The highest BCUT2D eigenvalue weighted by molar-refractivity contribution is 6.09. The largest absolute Gasteiger partial charge is 0.313 e. The van der Waals surface area contributed by atoms with Crippen LogP contribution in [-0.2, 0) is 4.79 Å². The highest BCUT2D eigenvalue weighted by atomic mass is 16.2. The van der Waals surface area contributed by atoms with Crippen LogP contribution >= 0.6 is 0 Å². The van der Waals surface area contributed by atoms with Gasteiger partial charge < -0.3 is 5.73 Å². The van der Waals surface area contributed by atoms with Crippen LogP contribution in [0, 0.1) is 0 Å². The van der Waals surface area contributed by atoms with E-state index in [1.165, 1.54) is 12.6 Å². The monoisotopic (exact) mass is 125 g/mol. The fraction of sp³-hybridized carbons (Fsp3) is 0.400. The summed E-state index contributed by atoms with van der Waals surface area (Å²) in [6.45, 7) is 1.56. The second kappa shape index (κ2) is 1.73. The first kappa shape index (κ1) is 6.10. The topological polar surface area (TPSA) is 67.8 Å². The molecule has 48 valence electrons. The van der Waals surface area contributed by atoms with E-state index < -0.39 is 5.54 Å². The van der Waals surface area contributed by atoms with Crippen molar-refractivity contribution in [3.05, 3.63) is 0 Å². The lowest BCUT2D eigenvalue weighted by Crippen LogP contribution is -2.46. The number of amides is 1. The Kier molecular flexibility index (Phi) is 1.17. The number of carbonyl (C=O) groups is 1. The molecule has 1 heterocycles. The SMILES string of the molecule is CC1(N)C=NC=NC1=O. The van der Waals surface area contributed by atoms with Gasteiger partial charge in [0.1, 0.15) is 11.9 Å². The van der Waals surface area contributed by atoms with E-state index in [0.29, 0.717) is 0 Å². The molecule has 4 heteroatoms. The van der Waals surface area contributed by atoms with Crippen LogP contribution in [0.2, 0.25) is 0 Å². The van der Waals surface area contributed by atoms with E-state index in [9.17, 15) is 4.79 Å². The molecule has 1 aliphatic rings. The van der Waals surface area contributed by atoms with Crippen molar-refractivity contribution in [2.24, 2.45) is 15.7 Å². The number of nitrogens with two attached hydrogens (primary N) is 1. The molecule has 1 atom stereocenters. The van der Waals surface area contributed by atoms with Gasteiger partial charge in [-0.05, 0) is 6.92 Å². The van der Waals surface area contributed by atoms with Gasteiger partial charge in [0.05, 0.1) is 0 Å². The maximum atomic E-state index is 10.7. The summed E-state index contributed by atoms with van der Waals surface area (Å²) >= 11 is 0. The van der Waals surface area contributed by atoms with Crippen LogP contribution in [0.25, 0.3) is 0 Å². The van der Waals surface area contributed by atoms with Gasteiger partial charge in [0.25, 0.3) is 5.91 Å². The summed E-state index contributed by atoms with van der Waals surface area (Å²) < 4.78 is 0. The molecule has 1 aliphatic heterocycles. The van der Waals surface area contributed by atoms with E-state index in [1.54, 1.807) is 6.92 Å². The van der Waals surface area contributed by atoms with Crippen molar-refractivity contribution in [3.63, 3.8) is 0 Å². The van der Waals surface area contributed by atoms with Gasteiger partial charge in [-0.25, -0.2) is 4.99 Å². The number of rotatable bonds is 0. The van der Waals surface area contributed by atoms with Crippen LogP contribution in [0.15, 0.2) is 9.98 Å². The van der Waals surface area contributed by atoms with Crippen molar-refractivity contribution in [3.8, 4) is 0 Å². The van der Waals surface area contributed by atoms with E-state index in [4.69, 9.17) is 5.73 Å². The van der Waals surface area contributed by atoms with Crippen LogP contribution in [0.3, 0.4) is 0 Å². The summed E-state index contributed by atoms with van der Waals surface area (Å²) in [6, 6.07) is 0. The molecule has 1 amide bonds. The van der Waals surface area contributed by atoms with Crippen molar-refractivity contribution >= 4 is 18.5 Å². The van der Waals surface area contributed by atoms with Gasteiger partial charge in [-0.3, -0.25) is 4.79 Å². The summed E-state index contributed by atoms with van der Waals surface area (Å²) in [5, 5.41) is 0. The normalized spacial score (nSPS) is 33.3. The summed E-state index contributed by atoms with van der Waals surface area (Å²) in [7, 11) is 0. The van der Waals surface area contributed by atoms with E-state index in [2.05, 4.69) is 9.98 Å². The van der Waals surface area contributed by atoms with Gasteiger partial charge >= 0.3 is 0 Å². The van der Waals surface area contributed by atoms with E-state index in [-0.39, 0.29) is 5.91 Å². The van der Waals surface area contributed by atoms with E-state index in [0.717, 1.165) is 0 Å². The van der Waals surface area contributed by atoms with Gasteiger partial charge in [-0.1, -0.05) is 0 Å². The molecule has 9 heavy (non-hydrogen) atoms. The molecule has 0 aliphatic carbocycles. The number of nitrogens with zero attached hydrogens (tertiary/aromatic N) is 2. The molecule has 2 N–H and O–H groups in total. The summed E-state index contributed by atoms with van der Waals surface area (Å²) in [5.74, 6) is -0.350. The molecule has 1 rings (SSSR count). The average molecular weight is 125 g/mol. The van der Waals surface area contributed by atoms with Gasteiger partial charge in [0.2, 0.25) is 0 Å².